The van der Waals surface area contributed by atoms with Gasteiger partial charge in [0.2, 0.25) is 0 Å². The lowest BCUT2D eigenvalue weighted by atomic mass is 9.93. The first-order chi connectivity index (χ1) is 15.3. The van der Waals surface area contributed by atoms with Gasteiger partial charge in [0.05, 0.1) is 5.56 Å². The van der Waals surface area contributed by atoms with Crippen LogP contribution >= 0.6 is 0 Å². The Balaban J connectivity index is 1.54. The van der Waals surface area contributed by atoms with E-state index >= 15 is 0 Å². The standard InChI is InChI=1S/C25H23N3O4/c1-14-6-7-16(12-15(14)2)18-4-3-5-21-23(18)19(24(31)27-21)10-11-26-28-25(32)20-13-17(29)8-9-22(20)30/h3-10,12-13,26,29-30H,11H2,1-2H3,(H,27,31)(H,28,32). The molecule has 0 atom stereocenters. The van der Waals surface area contributed by atoms with Gasteiger partial charge in [-0.05, 0) is 60.4 Å². The van der Waals surface area contributed by atoms with Gasteiger partial charge >= 0.3 is 0 Å². The summed E-state index contributed by atoms with van der Waals surface area (Å²) >= 11 is 0. The third-order valence-corrected chi connectivity index (χ3v) is 5.48. The van der Waals surface area contributed by atoms with Crippen molar-refractivity contribution in [1.29, 1.82) is 0 Å². The number of phenols is 2. The van der Waals surface area contributed by atoms with Crippen molar-refractivity contribution in [3.05, 3.63) is 82.9 Å². The number of rotatable bonds is 5. The molecule has 1 heterocycles. The van der Waals surface area contributed by atoms with Gasteiger partial charge in [0.15, 0.2) is 0 Å². The molecule has 0 radical (unpaired) electrons. The molecule has 32 heavy (non-hydrogen) atoms. The molecule has 4 rings (SSSR count). The van der Waals surface area contributed by atoms with E-state index in [9.17, 15) is 19.8 Å². The zero-order valence-electron chi connectivity index (χ0n) is 17.7. The minimum Gasteiger partial charge on any atom is -0.508 e. The fourth-order valence-electron chi connectivity index (χ4n) is 3.65. The highest BCUT2D eigenvalue weighted by Gasteiger charge is 2.27. The smallest absolute Gasteiger partial charge is 0.269 e. The maximum Gasteiger partial charge on any atom is 0.269 e. The predicted octanol–water partition coefficient (Wildman–Crippen LogP) is 3.65. The summed E-state index contributed by atoms with van der Waals surface area (Å²) in [6.07, 6.45) is 1.70. The van der Waals surface area contributed by atoms with Crippen LogP contribution in [0.4, 0.5) is 5.69 Å². The van der Waals surface area contributed by atoms with Crippen LogP contribution in [0.15, 0.2) is 60.7 Å². The van der Waals surface area contributed by atoms with Crippen molar-refractivity contribution in [1.82, 2.24) is 10.9 Å². The Morgan fingerprint density at radius 3 is 2.62 bits per heavy atom. The van der Waals surface area contributed by atoms with Gasteiger partial charge in [0.1, 0.15) is 11.5 Å². The Bertz CT molecular complexity index is 1260. The fraction of sp³-hybridized carbons (Fsp3) is 0.120. The quantitative estimate of drug-likeness (QED) is 0.184. The highest BCUT2D eigenvalue weighted by molar-refractivity contribution is 6.33. The second-order valence-electron chi connectivity index (χ2n) is 7.64. The molecule has 0 unspecified atom stereocenters. The number of phenolic OH excluding ortho intramolecular Hbond substituents is 2. The van der Waals surface area contributed by atoms with Gasteiger partial charge in [0.25, 0.3) is 11.8 Å². The van der Waals surface area contributed by atoms with Crippen LogP contribution in [-0.2, 0) is 4.79 Å². The molecule has 1 aliphatic rings. The number of nitrogens with one attached hydrogen (secondary N) is 3. The van der Waals surface area contributed by atoms with Crippen molar-refractivity contribution in [3.63, 3.8) is 0 Å². The lowest BCUT2D eigenvalue weighted by Crippen LogP contribution is -2.37. The van der Waals surface area contributed by atoms with Gasteiger partial charge in [-0.1, -0.05) is 36.4 Å². The van der Waals surface area contributed by atoms with E-state index in [0.29, 0.717) is 5.57 Å². The molecule has 0 fully saturated rings. The fourth-order valence-corrected chi connectivity index (χ4v) is 3.65. The number of benzene rings is 3. The molecule has 0 aromatic heterocycles. The molecule has 3 aromatic rings. The summed E-state index contributed by atoms with van der Waals surface area (Å²) in [4.78, 5) is 24.8. The highest BCUT2D eigenvalue weighted by atomic mass is 16.3. The predicted molar refractivity (Wildman–Crippen MR) is 123 cm³/mol. The minimum atomic E-state index is -0.608. The lowest BCUT2D eigenvalue weighted by molar-refractivity contribution is -0.110. The van der Waals surface area contributed by atoms with Crippen LogP contribution in [0.3, 0.4) is 0 Å². The van der Waals surface area contributed by atoms with Gasteiger partial charge in [-0.3, -0.25) is 15.0 Å². The Morgan fingerprint density at radius 1 is 1.03 bits per heavy atom. The average molecular weight is 429 g/mol. The van der Waals surface area contributed by atoms with E-state index in [-0.39, 0.29) is 29.5 Å². The topological polar surface area (TPSA) is 111 Å². The maximum absolute atomic E-state index is 12.6. The van der Waals surface area contributed by atoms with Crippen molar-refractivity contribution in [2.24, 2.45) is 0 Å². The second-order valence-corrected chi connectivity index (χ2v) is 7.64. The first-order valence-corrected chi connectivity index (χ1v) is 10.1. The van der Waals surface area contributed by atoms with E-state index in [2.05, 4.69) is 42.1 Å². The van der Waals surface area contributed by atoms with Gasteiger partial charge in [-0.25, -0.2) is 5.43 Å². The molecule has 2 amide bonds. The molecule has 1 aliphatic heterocycles. The minimum absolute atomic E-state index is 0.0638. The third-order valence-electron chi connectivity index (χ3n) is 5.48. The van der Waals surface area contributed by atoms with Crippen LogP contribution in [0, 0.1) is 13.8 Å². The van der Waals surface area contributed by atoms with Gasteiger partial charge in [-0.15, -0.1) is 0 Å². The molecule has 7 heteroatoms. The Morgan fingerprint density at radius 2 is 1.84 bits per heavy atom. The molecule has 0 saturated heterocycles. The monoisotopic (exact) mass is 429 g/mol. The summed E-state index contributed by atoms with van der Waals surface area (Å²) < 4.78 is 0. The molecule has 3 aromatic carbocycles. The Labute approximate surface area is 185 Å². The summed E-state index contributed by atoms with van der Waals surface area (Å²) in [5.74, 6) is -1.20. The van der Waals surface area contributed by atoms with Crippen LogP contribution in [0.2, 0.25) is 0 Å². The summed E-state index contributed by atoms with van der Waals surface area (Å²) in [7, 11) is 0. The van der Waals surface area contributed by atoms with Gasteiger partial charge in [0, 0.05) is 23.4 Å². The van der Waals surface area contributed by atoms with Crippen molar-refractivity contribution in [2.75, 3.05) is 11.9 Å². The number of amides is 2. The van der Waals surface area contributed by atoms with Gasteiger partial charge in [-0.2, -0.15) is 0 Å². The number of hydrogen-bond acceptors (Lipinski definition) is 5. The molecular formula is C25H23N3O4. The number of hydrogen-bond donors (Lipinski definition) is 5. The van der Waals surface area contributed by atoms with Gasteiger partial charge < -0.3 is 15.5 Å². The van der Waals surface area contributed by atoms with Crippen molar-refractivity contribution in [3.8, 4) is 22.6 Å². The molecule has 0 aliphatic carbocycles. The van der Waals surface area contributed by atoms with Crippen LogP contribution in [-0.4, -0.2) is 28.6 Å². The average Bonchev–Trinajstić information content (AvgIpc) is 3.09. The first-order valence-electron chi connectivity index (χ1n) is 10.1. The Kier molecular flexibility index (Phi) is 5.66. The SMILES string of the molecule is Cc1ccc(-c2cccc3c2C(=CCNNC(=O)c2cc(O)ccc2O)C(=O)N3)cc1C. The van der Waals surface area contributed by atoms with E-state index in [4.69, 9.17) is 0 Å². The normalized spacial score (nSPS) is 13.7. The second kappa shape index (κ2) is 8.56. The molecule has 5 N–H and O–H groups in total. The number of hydrazine groups is 1. The number of fused-ring (bicyclic) bond motifs is 1. The van der Waals surface area contributed by atoms with Crippen molar-refractivity contribution < 1.29 is 19.8 Å². The Hall–Kier alpha value is -4.10. The van der Waals surface area contributed by atoms with Crippen LogP contribution in [0.25, 0.3) is 16.7 Å². The van der Waals surface area contributed by atoms with E-state index in [1.165, 1.54) is 29.3 Å². The zero-order chi connectivity index (χ0) is 22.8. The summed E-state index contributed by atoms with van der Waals surface area (Å²) in [5.41, 5.74) is 11.5. The molecule has 7 nitrogen and oxygen atoms in total. The molecule has 0 bridgehead atoms. The van der Waals surface area contributed by atoms with E-state index < -0.39 is 5.91 Å². The van der Waals surface area contributed by atoms with Crippen molar-refractivity contribution >= 4 is 23.1 Å². The molecule has 0 spiro atoms. The van der Waals surface area contributed by atoms with E-state index in [1.807, 2.05) is 24.3 Å². The maximum atomic E-state index is 12.6. The number of anilines is 1. The first kappa shape index (κ1) is 21.1. The highest BCUT2D eigenvalue weighted by Crippen LogP contribution is 2.39. The number of aryl methyl sites for hydroxylation is 2. The third kappa shape index (κ3) is 4.06. The van der Waals surface area contributed by atoms with E-state index in [1.54, 1.807) is 6.08 Å². The van der Waals surface area contributed by atoms with Crippen LogP contribution in [0.1, 0.15) is 27.0 Å². The number of carbonyl (C=O) groups excluding carboxylic acids is 2. The summed E-state index contributed by atoms with van der Waals surface area (Å²) in [6.45, 7) is 4.29. The number of carbonyl (C=O) groups is 2. The lowest BCUT2D eigenvalue weighted by Gasteiger charge is -2.11. The molecule has 0 saturated carbocycles. The summed E-state index contributed by atoms with van der Waals surface area (Å²) in [6, 6.07) is 15.6. The molecule has 162 valence electrons. The van der Waals surface area contributed by atoms with Crippen LogP contribution < -0.4 is 16.2 Å². The van der Waals surface area contributed by atoms with Crippen LogP contribution in [0.5, 0.6) is 11.5 Å². The van der Waals surface area contributed by atoms with E-state index in [0.717, 1.165) is 22.4 Å². The zero-order valence-corrected chi connectivity index (χ0v) is 17.7. The largest absolute Gasteiger partial charge is 0.508 e. The summed E-state index contributed by atoms with van der Waals surface area (Å²) in [5, 5.41) is 22.2. The molecular weight excluding hydrogens is 406 g/mol. The van der Waals surface area contributed by atoms with Crippen molar-refractivity contribution in [2.45, 2.75) is 13.8 Å². The number of aromatic hydroxyl groups is 2.